The highest BCUT2D eigenvalue weighted by Gasteiger charge is 2.20. The molecule has 1 amide bonds. The van der Waals surface area contributed by atoms with E-state index in [1.54, 1.807) is 30.9 Å². The second-order valence-electron chi connectivity index (χ2n) is 8.16. The highest BCUT2D eigenvalue weighted by atomic mass is 16.1. The van der Waals surface area contributed by atoms with Crippen LogP contribution in [0.3, 0.4) is 0 Å². The number of hydrogen-bond donors (Lipinski definition) is 2. The summed E-state index contributed by atoms with van der Waals surface area (Å²) in [7, 11) is 0. The maximum Gasteiger partial charge on any atom is 0.257 e. The number of hydrogen-bond acceptors (Lipinski definition) is 6. The van der Waals surface area contributed by atoms with Gasteiger partial charge in [0, 0.05) is 53.4 Å². The molecule has 33 heavy (non-hydrogen) atoms. The van der Waals surface area contributed by atoms with Crippen LogP contribution in [0.5, 0.6) is 0 Å². The summed E-state index contributed by atoms with van der Waals surface area (Å²) in [6.07, 6.45) is 11.2. The summed E-state index contributed by atoms with van der Waals surface area (Å²) >= 11 is 0. The van der Waals surface area contributed by atoms with Crippen LogP contribution < -0.4 is 5.32 Å². The Morgan fingerprint density at radius 1 is 1.00 bits per heavy atom. The van der Waals surface area contributed by atoms with E-state index in [-0.39, 0.29) is 17.7 Å². The van der Waals surface area contributed by atoms with Crippen LogP contribution in [-0.4, -0.2) is 41.2 Å². The molecule has 0 aromatic carbocycles. The Morgan fingerprint density at radius 2 is 1.85 bits per heavy atom. The Kier molecular flexibility index (Phi) is 4.93. The number of aryl methyl sites for hydroxylation is 1. The summed E-state index contributed by atoms with van der Waals surface area (Å²) in [5.74, 6) is -0.533. The summed E-state index contributed by atoms with van der Waals surface area (Å²) in [4.78, 5) is 46.1. The first-order valence-electron chi connectivity index (χ1n) is 10.5. The minimum absolute atomic E-state index is 0.127. The Balaban J connectivity index is 1.46. The number of nitrogens with one attached hydrogen (secondary N) is 2. The molecule has 9 heteroatoms. The number of carbonyl (C=O) groups excluding carboxylic acids is 2. The predicted octanol–water partition coefficient (Wildman–Crippen LogP) is 4.08. The first-order valence-corrected chi connectivity index (χ1v) is 10.5. The van der Waals surface area contributed by atoms with Crippen molar-refractivity contribution in [1.29, 1.82) is 0 Å². The molecule has 0 aliphatic carbocycles. The van der Waals surface area contributed by atoms with E-state index in [1.807, 2.05) is 31.4 Å². The number of aromatic amines is 1. The van der Waals surface area contributed by atoms with Crippen LogP contribution in [-0.2, 0) is 0 Å². The molecule has 0 bridgehead atoms. The SMILES string of the molecule is Cc1cnc2[nH]cc(C(=O)Nc3cncc(C(=O)c4cn(C(C)C)c5ncncc45)c3)c2c1. The van der Waals surface area contributed by atoms with Crippen molar-refractivity contribution in [3.63, 3.8) is 0 Å². The fourth-order valence-electron chi connectivity index (χ4n) is 3.85. The predicted molar refractivity (Wildman–Crippen MR) is 124 cm³/mol. The van der Waals surface area contributed by atoms with Crippen molar-refractivity contribution in [1.82, 2.24) is 29.5 Å². The van der Waals surface area contributed by atoms with E-state index in [1.165, 1.54) is 18.7 Å². The van der Waals surface area contributed by atoms with E-state index in [9.17, 15) is 9.59 Å². The number of ketones is 1. The molecule has 0 spiro atoms. The van der Waals surface area contributed by atoms with Gasteiger partial charge in [-0.05, 0) is 38.5 Å². The third-order valence-electron chi connectivity index (χ3n) is 5.47. The molecule has 0 radical (unpaired) electrons. The fourth-order valence-corrected chi connectivity index (χ4v) is 3.85. The number of pyridine rings is 2. The maximum atomic E-state index is 13.3. The molecule has 2 N–H and O–H groups in total. The number of aromatic nitrogens is 6. The normalized spacial score (nSPS) is 11.4. The fraction of sp³-hybridized carbons (Fsp3) is 0.167. The molecule has 5 heterocycles. The van der Waals surface area contributed by atoms with Gasteiger partial charge in [0.15, 0.2) is 5.78 Å². The van der Waals surface area contributed by atoms with Crippen molar-refractivity contribution in [2.24, 2.45) is 0 Å². The van der Waals surface area contributed by atoms with Gasteiger partial charge in [0.25, 0.3) is 5.91 Å². The Bertz CT molecular complexity index is 1530. The van der Waals surface area contributed by atoms with Crippen molar-refractivity contribution in [3.8, 4) is 0 Å². The zero-order valence-corrected chi connectivity index (χ0v) is 18.3. The molecular weight excluding hydrogens is 418 g/mol. The third kappa shape index (κ3) is 3.63. The van der Waals surface area contributed by atoms with Crippen molar-refractivity contribution in [2.45, 2.75) is 26.8 Å². The van der Waals surface area contributed by atoms with Gasteiger partial charge >= 0.3 is 0 Å². The van der Waals surface area contributed by atoms with Gasteiger partial charge in [0.2, 0.25) is 0 Å². The highest BCUT2D eigenvalue weighted by Crippen LogP contribution is 2.25. The molecule has 5 aromatic heterocycles. The van der Waals surface area contributed by atoms with Crippen molar-refractivity contribution < 1.29 is 9.59 Å². The first kappa shape index (κ1) is 20.5. The average Bonchev–Trinajstić information content (AvgIpc) is 3.40. The van der Waals surface area contributed by atoms with Crippen molar-refractivity contribution in [2.75, 3.05) is 5.32 Å². The lowest BCUT2D eigenvalue weighted by molar-refractivity contribution is 0.102. The van der Waals surface area contributed by atoms with Gasteiger partial charge in [-0.25, -0.2) is 15.0 Å². The van der Waals surface area contributed by atoms with Crippen LogP contribution in [0.15, 0.2) is 55.6 Å². The molecule has 164 valence electrons. The lowest BCUT2D eigenvalue weighted by Crippen LogP contribution is -2.12. The Labute approximate surface area is 188 Å². The zero-order valence-electron chi connectivity index (χ0n) is 18.3. The first-order chi connectivity index (χ1) is 15.9. The minimum Gasteiger partial charge on any atom is -0.345 e. The number of anilines is 1. The largest absolute Gasteiger partial charge is 0.345 e. The molecular formula is C24H21N7O2. The highest BCUT2D eigenvalue weighted by molar-refractivity contribution is 6.17. The molecule has 9 nitrogen and oxygen atoms in total. The van der Waals surface area contributed by atoms with E-state index in [2.05, 4.69) is 30.2 Å². The van der Waals surface area contributed by atoms with Gasteiger partial charge in [-0.15, -0.1) is 0 Å². The quantitative estimate of drug-likeness (QED) is 0.399. The summed E-state index contributed by atoms with van der Waals surface area (Å²) in [5.41, 5.74) is 4.02. The summed E-state index contributed by atoms with van der Waals surface area (Å²) in [6, 6.07) is 3.65. The molecule has 0 saturated heterocycles. The number of fused-ring (bicyclic) bond motifs is 2. The van der Waals surface area contributed by atoms with E-state index in [0.717, 1.165) is 10.9 Å². The maximum absolute atomic E-state index is 13.3. The lowest BCUT2D eigenvalue weighted by Gasteiger charge is -2.07. The van der Waals surface area contributed by atoms with Gasteiger partial charge in [-0.1, -0.05) is 0 Å². The van der Waals surface area contributed by atoms with Gasteiger partial charge < -0.3 is 14.9 Å². The van der Waals surface area contributed by atoms with E-state index in [4.69, 9.17) is 0 Å². The molecule has 5 aromatic rings. The standard InChI is InChI=1S/C24H21N7O2/c1-13(2)31-11-20(18-9-26-12-29-23(18)31)21(32)15-5-16(8-25-7-15)30-24(33)19-10-28-22-17(19)4-14(3)6-27-22/h4-13H,1-3H3,(H,27,28)(H,30,33). The van der Waals surface area contributed by atoms with Crippen LogP contribution >= 0.6 is 0 Å². The van der Waals surface area contributed by atoms with Crippen molar-refractivity contribution >= 4 is 39.4 Å². The van der Waals surface area contributed by atoms with Crippen LogP contribution in [0.2, 0.25) is 0 Å². The van der Waals surface area contributed by atoms with E-state index >= 15 is 0 Å². The van der Waals surface area contributed by atoms with Crippen LogP contribution in [0.1, 0.15) is 51.7 Å². The van der Waals surface area contributed by atoms with Gasteiger partial charge in [-0.3, -0.25) is 14.6 Å². The second kappa shape index (κ2) is 7.94. The van der Waals surface area contributed by atoms with Crippen LogP contribution in [0, 0.1) is 6.92 Å². The molecule has 0 unspecified atom stereocenters. The number of amides is 1. The third-order valence-corrected chi connectivity index (χ3v) is 5.47. The monoisotopic (exact) mass is 439 g/mol. The van der Waals surface area contributed by atoms with Gasteiger partial charge in [-0.2, -0.15) is 0 Å². The lowest BCUT2D eigenvalue weighted by atomic mass is 10.1. The van der Waals surface area contributed by atoms with E-state index < -0.39 is 0 Å². The van der Waals surface area contributed by atoms with E-state index in [0.29, 0.717) is 39.1 Å². The summed E-state index contributed by atoms with van der Waals surface area (Å²) in [5, 5.41) is 4.24. The number of nitrogens with zero attached hydrogens (tertiary/aromatic N) is 5. The van der Waals surface area contributed by atoms with Crippen molar-refractivity contribution in [3.05, 3.63) is 77.9 Å². The molecule has 0 aliphatic rings. The number of carbonyl (C=O) groups is 2. The molecule has 0 saturated carbocycles. The minimum atomic E-state index is -0.315. The smallest absolute Gasteiger partial charge is 0.257 e. The second-order valence-corrected chi connectivity index (χ2v) is 8.16. The number of H-pyrrole nitrogens is 1. The topological polar surface area (TPSA) is 118 Å². The molecule has 0 aliphatic heterocycles. The Morgan fingerprint density at radius 3 is 2.67 bits per heavy atom. The summed E-state index contributed by atoms with van der Waals surface area (Å²) < 4.78 is 1.94. The molecule has 0 atom stereocenters. The Hall–Kier alpha value is -4.40. The zero-order chi connectivity index (χ0) is 23.1. The van der Waals surface area contributed by atoms with Gasteiger partial charge in [0.1, 0.15) is 17.6 Å². The summed E-state index contributed by atoms with van der Waals surface area (Å²) in [6.45, 7) is 5.96. The number of rotatable bonds is 5. The molecule has 5 rings (SSSR count). The average molecular weight is 439 g/mol. The molecule has 0 fully saturated rings. The van der Waals surface area contributed by atoms with Gasteiger partial charge in [0.05, 0.1) is 23.0 Å². The van der Waals surface area contributed by atoms with Crippen LogP contribution in [0.25, 0.3) is 22.1 Å². The van der Waals surface area contributed by atoms with Crippen LogP contribution in [0.4, 0.5) is 5.69 Å².